The van der Waals surface area contributed by atoms with Crippen molar-refractivity contribution in [3.05, 3.63) is 59.2 Å². The topological polar surface area (TPSA) is 71.5 Å². The largest absolute Gasteiger partial charge is 0.339 e. The zero-order chi connectivity index (χ0) is 17.6. The number of hydrogen-bond acceptors (Lipinski definition) is 4. The van der Waals surface area contributed by atoms with Gasteiger partial charge in [-0.1, -0.05) is 12.1 Å². The van der Waals surface area contributed by atoms with E-state index < -0.39 is 9.84 Å². The average molecular weight is 343 g/mol. The van der Waals surface area contributed by atoms with Gasteiger partial charge in [-0.05, 0) is 44.2 Å². The molecule has 0 spiro atoms. The summed E-state index contributed by atoms with van der Waals surface area (Å²) in [4.78, 5) is 26.6. The third-order valence-electron chi connectivity index (χ3n) is 4.28. The molecule has 124 valence electrons. The molecule has 6 heteroatoms. The number of hydrogen-bond donors (Lipinski definition) is 0. The fourth-order valence-corrected chi connectivity index (χ4v) is 4.30. The molecule has 0 N–H and O–H groups in total. The second kappa shape index (κ2) is 5.56. The molecule has 1 heterocycles. The lowest BCUT2D eigenvalue weighted by Gasteiger charge is -2.23. The van der Waals surface area contributed by atoms with Crippen LogP contribution in [0.5, 0.6) is 0 Å². The van der Waals surface area contributed by atoms with Crippen LogP contribution >= 0.6 is 0 Å². The minimum absolute atomic E-state index is 0.00584. The van der Waals surface area contributed by atoms with E-state index in [0.717, 1.165) is 0 Å². The van der Waals surface area contributed by atoms with Crippen molar-refractivity contribution in [2.45, 2.75) is 29.7 Å². The lowest BCUT2D eigenvalue weighted by atomic mass is 10.00. The number of sulfone groups is 1. The van der Waals surface area contributed by atoms with E-state index in [1.54, 1.807) is 19.2 Å². The summed E-state index contributed by atoms with van der Waals surface area (Å²) in [5, 5.41) is 0. The minimum atomic E-state index is -3.76. The maximum Gasteiger partial charge on any atom is 0.253 e. The first kappa shape index (κ1) is 16.4. The summed E-state index contributed by atoms with van der Waals surface area (Å²) in [7, 11) is -2.09. The summed E-state index contributed by atoms with van der Waals surface area (Å²) in [6.45, 7) is 3.75. The average Bonchev–Trinajstić information content (AvgIpc) is 2.58. The molecule has 0 saturated carbocycles. The van der Waals surface area contributed by atoms with Gasteiger partial charge in [0, 0.05) is 29.8 Å². The van der Waals surface area contributed by atoms with E-state index in [9.17, 15) is 18.0 Å². The summed E-state index contributed by atoms with van der Waals surface area (Å²) in [5.74, 6) is -0.630. The third kappa shape index (κ3) is 2.34. The van der Waals surface area contributed by atoms with Crippen LogP contribution in [0.15, 0.2) is 52.3 Å². The summed E-state index contributed by atoms with van der Waals surface area (Å²) >= 11 is 0. The second-order valence-corrected chi connectivity index (χ2v) is 7.94. The van der Waals surface area contributed by atoms with Gasteiger partial charge in [0.2, 0.25) is 9.84 Å². The van der Waals surface area contributed by atoms with Gasteiger partial charge in [0.05, 0.1) is 9.79 Å². The Morgan fingerprint density at radius 2 is 1.62 bits per heavy atom. The van der Waals surface area contributed by atoms with Crippen molar-refractivity contribution in [2.75, 3.05) is 7.05 Å². The summed E-state index contributed by atoms with van der Waals surface area (Å²) in [6, 6.07) is 10.3. The van der Waals surface area contributed by atoms with Crippen LogP contribution in [0, 0.1) is 0 Å². The molecule has 1 aliphatic heterocycles. The van der Waals surface area contributed by atoms with Crippen molar-refractivity contribution in [2.24, 2.45) is 0 Å². The van der Waals surface area contributed by atoms with Crippen LogP contribution in [0.25, 0.3) is 0 Å². The number of carbonyl (C=O) groups excluding carboxylic acids is 2. The molecule has 0 bridgehead atoms. The number of benzene rings is 2. The van der Waals surface area contributed by atoms with Crippen molar-refractivity contribution >= 4 is 21.5 Å². The fraction of sp³-hybridized carbons (Fsp3) is 0.222. The van der Waals surface area contributed by atoms with E-state index in [2.05, 4.69) is 0 Å². The molecule has 0 atom stereocenters. The highest BCUT2D eigenvalue weighted by Gasteiger charge is 2.35. The zero-order valence-electron chi connectivity index (χ0n) is 13.6. The molecular formula is C18H17NO4S. The maximum atomic E-state index is 12.7. The standard InChI is InChI=1S/C18H17NO4S/c1-11(2)19(3)18(21)12-8-9-16-14(10-12)17(20)13-6-4-5-7-15(13)24(16,22)23/h4-11H,1-3H3. The smallest absolute Gasteiger partial charge is 0.253 e. The molecule has 0 aromatic heterocycles. The van der Waals surface area contributed by atoms with Gasteiger partial charge in [-0.3, -0.25) is 9.59 Å². The number of carbonyl (C=O) groups is 2. The van der Waals surface area contributed by atoms with Crippen LogP contribution in [0.1, 0.15) is 40.1 Å². The van der Waals surface area contributed by atoms with Crippen molar-refractivity contribution in [3.63, 3.8) is 0 Å². The van der Waals surface area contributed by atoms with Gasteiger partial charge in [0.15, 0.2) is 5.78 Å². The van der Waals surface area contributed by atoms with Gasteiger partial charge in [-0.2, -0.15) is 0 Å². The molecule has 3 rings (SSSR count). The Bertz CT molecular complexity index is 961. The Hall–Kier alpha value is -2.47. The van der Waals surface area contributed by atoms with Crippen LogP contribution in [-0.4, -0.2) is 38.1 Å². The van der Waals surface area contributed by atoms with Crippen LogP contribution in [0.3, 0.4) is 0 Å². The Morgan fingerprint density at radius 3 is 2.29 bits per heavy atom. The molecule has 0 saturated heterocycles. The predicted octanol–water partition coefficient (Wildman–Crippen LogP) is 2.54. The fourth-order valence-electron chi connectivity index (χ4n) is 2.67. The highest BCUT2D eigenvalue weighted by atomic mass is 32.2. The zero-order valence-corrected chi connectivity index (χ0v) is 14.4. The summed E-state index contributed by atoms with van der Waals surface area (Å²) < 4.78 is 25.4. The number of nitrogens with zero attached hydrogens (tertiary/aromatic N) is 1. The number of rotatable bonds is 2. The van der Waals surface area contributed by atoms with Gasteiger partial charge in [-0.15, -0.1) is 0 Å². The summed E-state index contributed by atoms with van der Waals surface area (Å²) in [6.07, 6.45) is 0. The van der Waals surface area contributed by atoms with E-state index in [0.29, 0.717) is 5.56 Å². The van der Waals surface area contributed by atoms with Crippen molar-refractivity contribution in [1.82, 2.24) is 4.90 Å². The second-order valence-electron chi connectivity index (χ2n) is 6.05. The first-order chi connectivity index (χ1) is 11.2. The van der Waals surface area contributed by atoms with Gasteiger partial charge in [0.1, 0.15) is 0 Å². The van der Waals surface area contributed by atoms with Crippen molar-refractivity contribution in [1.29, 1.82) is 0 Å². The van der Waals surface area contributed by atoms with Crippen LogP contribution in [-0.2, 0) is 9.84 Å². The molecule has 0 radical (unpaired) electrons. The minimum Gasteiger partial charge on any atom is -0.339 e. The maximum absolute atomic E-state index is 12.7. The first-order valence-corrected chi connectivity index (χ1v) is 9.03. The molecule has 1 amide bonds. The lowest BCUT2D eigenvalue weighted by molar-refractivity contribution is 0.0755. The van der Waals surface area contributed by atoms with E-state index in [1.807, 2.05) is 13.8 Å². The van der Waals surface area contributed by atoms with E-state index in [1.165, 1.54) is 35.2 Å². The molecule has 24 heavy (non-hydrogen) atoms. The van der Waals surface area contributed by atoms with E-state index in [-0.39, 0.29) is 38.7 Å². The molecule has 0 unspecified atom stereocenters. The molecule has 0 fully saturated rings. The molecule has 2 aromatic carbocycles. The quantitative estimate of drug-likeness (QED) is 0.717. The molecule has 2 aromatic rings. The third-order valence-corrected chi connectivity index (χ3v) is 6.15. The Balaban J connectivity index is 2.18. The lowest BCUT2D eigenvalue weighted by Crippen LogP contribution is -2.33. The van der Waals surface area contributed by atoms with Crippen LogP contribution < -0.4 is 0 Å². The Morgan fingerprint density at radius 1 is 1.00 bits per heavy atom. The van der Waals surface area contributed by atoms with Gasteiger partial charge >= 0.3 is 0 Å². The number of ketones is 1. The molecule has 1 aliphatic rings. The van der Waals surface area contributed by atoms with E-state index in [4.69, 9.17) is 0 Å². The Kier molecular flexibility index (Phi) is 3.80. The van der Waals surface area contributed by atoms with Gasteiger partial charge < -0.3 is 4.90 Å². The molecule has 5 nitrogen and oxygen atoms in total. The Labute approximate surface area is 140 Å². The van der Waals surface area contributed by atoms with Crippen LogP contribution in [0.4, 0.5) is 0 Å². The monoisotopic (exact) mass is 343 g/mol. The van der Waals surface area contributed by atoms with E-state index >= 15 is 0 Å². The predicted molar refractivity (Wildman–Crippen MR) is 89.0 cm³/mol. The molecular weight excluding hydrogens is 326 g/mol. The first-order valence-electron chi connectivity index (χ1n) is 7.55. The van der Waals surface area contributed by atoms with Crippen LogP contribution in [0.2, 0.25) is 0 Å². The SMILES string of the molecule is CC(C)N(C)C(=O)c1ccc2c(c1)C(=O)c1ccccc1S2(=O)=O. The number of fused-ring (bicyclic) bond motifs is 2. The molecule has 0 aliphatic carbocycles. The normalized spacial score (nSPS) is 14.9. The highest BCUT2D eigenvalue weighted by Crippen LogP contribution is 2.34. The highest BCUT2D eigenvalue weighted by molar-refractivity contribution is 7.91. The van der Waals surface area contributed by atoms with Crippen molar-refractivity contribution < 1.29 is 18.0 Å². The summed E-state index contributed by atoms with van der Waals surface area (Å²) in [5.41, 5.74) is 0.497. The van der Waals surface area contributed by atoms with Gasteiger partial charge in [0.25, 0.3) is 5.91 Å². The number of amides is 1. The van der Waals surface area contributed by atoms with Gasteiger partial charge in [-0.25, -0.2) is 8.42 Å². The van der Waals surface area contributed by atoms with Crippen molar-refractivity contribution in [3.8, 4) is 0 Å².